The topological polar surface area (TPSA) is 72.2 Å². The van der Waals surface area contributed by atoms with E-state index in [4.69, 9.17) is 9.84 Å². The second-order valence-electron chi connectivity index (χ2n) is 3.25. The number of aromatic nitrogens is 3. The molecule has 0 aromatic carbocycles. The summed E-state index contributed by atoms with van der Waals surface area (Å²) in [6.07, 6.45) is 2.82. The van der Waals surface area contributed by atoms with Crippen molar-refractivity contribution in [3.63, 3.8) is 0 Å². The third-order valence-corrected chi connectivity index (χ3v) is 1.83. The van der Waals surface area contributed by atoms with Crippen LogP contribution in [0.5, 0.6) is 0 Å². The van der Waals surface area contributed by atoms with Crippen LogP contribution in [0.4, 0.5) is 0 Å². The predicted molar refractivity (Wildman–Crippen MR) is 55.2 cm³/mol. The summed E-state index contributed by atoms with van der Waals surface area (Å²) >= 11 is 0. The summed E-state index contributed by atoms with van der Waals surface area (Å²) < 4.78 is 6.80. The lowest BCUT2D eigenvalue weighted by atomic mass is 10.4. The molecule has 0 fully saturated rings. The van der Waals surface area contributed by atoms with Crippen molar-refractivity contribution < 1.29 is 9.84 Å². The van der Waals surface area contributed by atoms with Crippen LogP contribution in [0, 0.1) is 0 Å². The van der Waals surface area contributed by atoms with Gasteiger partial charge in [0, 0.05) is 26.4 Å². The van der Waals surface area contributed by atoms with Gasteiger partial charge in [-0.2, -0.15) is 0 Å². The van der Waals surface area contributed by atoms with Crippen molar-refractivity contribution in [2.24, 2.45) is 7.05 Å². The maximum absolute atomic E-state index is 8.46. The summed E-state index contributed by atoms with van der Waals surface area (Å²) in [7, 11) is 1.85. The number of rotatable bonds is 8. The van der Waals surface area contributed by atoms with Crippen LogP contribution in [0.1, 0.15) is 12.1 Å². The van der Waals surface area contributed by atoms with E-state index in [1.807, 2.05) is 13.2 Å². The number of hydrogen-bond donors (Lipinski definition) is 2. The second kappa shape index (κ2) is 7.33. The van der Waals surface area contributed by atoms with Crippen molar-refractivity contribution in [3.05, 3.63) is 11.9 Å². The molecule has 1 rings (SSSR count). The number of aryl methyl sites for hydroxylation is 1. The second-order valence-corrected chi connectivity index (χ2v) is 3.25. The summed E-state index contributed by atoms with van der Waals surface area (Å²) in [4.78, 5) is 0. The highest BCUT2D eigenvalue weighted by atomic mass is 16.5. The first-order valence-corrected chi connectivity index (χ1v) is 5.07. The van der Waals surface area contributed by atoms with Gasteiger partial charge in [0.2, 0.25) is 0 Å². The van der Waals surface area contributed by atoms with Gasteiger partial charge in [-0.15, -0.1) is 5.10 Å². The molecule has 0 saturated carbocycles. The largest absolute Gasteiger partial charge is 0.394 e. The molecule has 86 valence electrons. The highest BCUT2D eigenvalue weighted by Gasteiger charge is 1.96. The van der Waals surface area contributed by atoms with E-state index in [9.17, 15) is 0 Å². The molecule has 0 saturated heterocycles. The highest BCUT2D eigenvalue weighted by Crippen LogP contribution is 1.90. The first kappa shape index (κ1) is 12.1. The van der Waals surface area contributed by atoms with E-state index in [1.165, 1.54) is 0 Å². The Labute approximate surface area is 89.2 Å². The minimum Gasteiger partial charge on any atom is -0.394 e. The highest BCUT2D eigenvalue weighted by molar-refractivity contribution is 4.90. The normalized spacial score (nSPS) is 10.8. The number of aliphatic hydroxyl groups excluding tert-OH is 1. The van der Waals surface area contributed by atoms with Crippen LogP contribution in [-0.4, -0.2) is 46.5 Å². The summed E-state index contributed by atoms with van der Waals surface area (Å²) in [6, 6.07) is 0. The van der Waals surface area contributed by atoms with E-state index < -0.39 is 0 Å². The zero-order valence-corrected chi connectivity index (χ0v) is 9.02. The zero-order chi connectivity index (χ0) is 10.9. The van der Waals surface area contributed by atoms with Gasteiger partial charge in [0.15, 0.2) is 0 Å². The number of aliphatic hydroxyl groups is 1. The molecule has 0 spiro atoms. The molecule has 0 radical (unpaired) electrons. The van der Waals surface area contributed by atoms with Gasteiger partial charge >= 0.3 is 0 Å². The number of ether oxygens (including phenoxy) is 1. The van der Waals surface area contributed by atoms with Crippen molar-refractivity contribution >= 4 is 0 Å². The number of nitrogens with zero attached hydrogens (tertiary/aromatic N) is 3. The molecule has 1 aromatic heterocycles. The summed E-state index contributed by atoms with van der Waals surface area (Å²) in [5, 5.41) is 19.5. The van der Waals surface area contributed by atoms with Crippen LogP contribution >= 0.6 is 0 Å². The van der Waals surface area contributed by atoms with E-state index in [-0.39, 0.29) is 6.61 Å². The molecule has 0 aliphatic carbocycles. The minimum absolute atomic E-state index is 0.0903. The Morgan fingerprint density at radius 2 is 2.40 bits per heavy atom. The fraction of sp³-hybridized carbons (Fsp3) is 0.778. The molecular weight excluding hydrogens is 196 g/mol. The van der Waals surface area contributed by atoms with Gasteiger partial charge in [0.05, 0.1) is 18.9 Å². The fourth-order valence-electron chi connectivity index (χ4n) is 1.16. The quantitative estimate of drug-likeness (QED) is 0.560. The van der Waals surface area contributed by atoms with Crippen molar-refractivity contribution in [2.75, 3.05) is 26.4 Å². The van der Waals surface area contributed by atoms with Gasteiger partial charge in [-0.1, -0.05) is 5.21 Å². The average Bonchev–Trinajstić information content (AvgIpc) is 2.63. The third-order valence-electron chi connectivity index (χ3n) is 1.83. The lowest BCUT2D eigenvalue weighted by Gasteiger charge is -2.03. The lowest BCUT2D eigenvalue weighted by molar-refractivity contribution is 0.0907. The Kier molecular flexibility index (Phi) is 5.91. The van der Waals surface area contributed by atoms with E-state index in [2.05, 4.69) is 15.6 Å². The lowest BCUT2D eigenvalue weighted by Crippen LogP contribution is -2.17. The van der Waals surface area contributed by atoms with Crippen molar-refractivity contribution in [1.82, 2.24) is 20.3 Å². The van der Waals surface area contributed by atoms with E-state index in [0.29, 0.717) is 13.2 Å². The molecule has 6 nitrogen and oxygen atoms in total. The smallest absolute Gasteiger partial charge is 0.0964 e. The standard InChI is InChI=1S/C9H18N4O2/c1-13-8-9(11-12-13)7-10-3-2-5-15-6-4-14/h8,10,14H,2-7H2,1H3. The zero-order valence-electron chi connectivity index (χ0n) is 9.02. The Balaban J connectivity index is 1.93. The van der Waals surface area contributed by atoms with E-state index >= 15 is 0 Å². The fourth-order valence-corrected chi connectivity index (χ4v) is 1.16. The molecule has 0 unspecified atom stereocenters. The van der Waals surface area contributed by atoms with Gasteiger partial charge in [0.25, 0.3) is 0 Å². The van der Waals surface area contributed by atoms with Crippen molar-refractivity contribution in [3.8, 4) is 0 Å². The number of nitrogens with one attached hydrogen (secondary N) is 1. The van der Waals surface area contributed by atoms with Crippen molar-refractivity contribution in [2.45, 2.75) is 13.0 Å². The molecule has 6 heteroatoms. The maximum atomic E-state index is 8.46. The first-order chi connectivity index (χ1) is 7.33. The molecule has 15 heavy (non-hydrogen) atoms. The predicted octanol–water partition coefficient (Wildman–Crippen LogP) is -0.696. The molecule has 2 N–H and O–H groups in total. The molecule has 0 aliphatic heterocycles. The van der Waals surface area contributed by atoms with Crippen LogP contribution in [0.25, 0.3) is 0 Å². The SMILES string of the molecule is Cn1cc(CNCCCOCCO)nn1. The first-order valence-electron chi connectivity index (χ1n) is 5.07. The molecule has 1 aromatic rings. The Morgan fingerprint density at radius 3 is 3.07 bits per heavy atom. The number of hydrogen-bond acceptors (Lipinski definition) is 5. The molecule has 0 aliphatic rings. The van der Waals surface area contributed by atoms with E-state index in [1.54, 1.807) is 4.68 Å². The molecule has 1 heterocycles. The van der Waals surface area contributed by atoms with Gasteiger partial charge in [0.1, 0.15) is 0 Å². The molecule has 0 atom stereocenters. The van der Waals surface area contributed by atoms with Gasteiger partial charge < -0.3 is 15.2 Å². The molecule has 0 bridgehead atoms. The Morgan fingerprint density at radius 1 is 1.53 bits per heavy atom. The Hall–Kier alpha value is -0.980. The van der Waals surface area contributed by atoms with Crippen LogP contribution in [0.2, 0.25) is 0 Å². The van der Waals surface area contributed by atoms with Crippen LogP contribution in [0.15, 0.2) is 6.20 Å². The minimum atomic E-state index is 0.0903. The summed E-state index contributed by atoms with van der Waals surface area (Å²) in [5.41, 5.74) is 0.939. The van der Waals surface area contributed by atoms with Gasteiger partial charge in [-0.25, -0.2) is 0 Å². The summed E-state index contributed by atoms with van der Waals surface area (Å²) in [6.45, 7) is 2.79. The molecule has 0 amide bonds. The monoisotopic (exact) mass is 214 g/mol. The Bertz CT molecular complexity index is 264. The molecular formula is C9H18N4O2. The maximum Gasteiger partial charge on any atom is 0.0964 e. The van der Waals surface area contributed by atoms with Crippen LogP contribution in [-0.2, 0) is 18.3 Å². The van der Waals surface area contributed by atoms with Gasteiger partial charge in [-0.3, -0.25) is 4.68 Å². The summed E-state index contributed by atoms with van der Waals surface area (Å²) in [5.74, 6) is 0. The van der Waals surface area contributed by atoms with Crippen LogP contribution < -0.4 is 5.32 Å². The van der Waals surface area contributed by atoms with Crippen molar-refractivity contribution in [1.29, 1.82) is 0 Å². The average molecular weight is 214 g/mol. The van der Waals surface area contributed by atoms with Gasteiger partial charge in [-0.05, 0) is 13.0 Å². The third kappa shape index (κ3) is 5.46. The van der Waals surface area contributed by atoms with E-state index in [0.717, 1.165) is 25.2 Å². The van der Waals surface area contributed by atoms with Crippen LogP contribution in [0.3, 0.4) is 0 Å².